The third-order valence-corrected chi connectivity index (χ3v) is 4.88. The molecule has 0 saturated heterocycles. The summed E-state index contributed by atoms with van der Waals surface area (Å²) in [6, 6.07) is 15.4. The molecular formula is C21H21N3O2S. The van der Waals surface area contributed by atoms with Crippen LogP contribution in [-0.2, 0) is 4.74 Å². The summed E-state index contributed by atoms with van der Waals surface area (Å²) in [5.41, 5.74) is 5.77. The molecule has 0 unspecified atom stereocenters. The predicted octanol–water partition coefficient (Wildman–Crippen LogP) is 4.97. The van der Waals surface area contributed by atoms with Gasteiger partial charge in [0.1, 0.15) is 0 Å². The molecule has 5 nitrogen and oxygen atoms in total. The Bertz CT molecular complexity index is 969. The van der Waals surface area contributed by atoms with Crippen molar-refractivity contribution in [1.82, 2.24) is 9.97 Å². The maximum atomic E-state index is 11.7. The minimum atomic E-state index is -0.360. The molecule has 2 aromatic carbocycles. The number of aromatic nitrogens is 2. The molecule has 0 aliphatic carbocycles. The standard InChI is InChI=1S/C21H21N3O2S/c1-13-7-5-8-14(2)19(13)18-11-15(3)22-21(23-18)24-27-17-10-6-9-16(12-17)20(25)26-4/h5-12H,1-4H3,(H,22,23,24). The van der Waals surface area contributed by atoms with Crippen LogP contribution in [0.5, 0.6) is 0 Å². The van der Waals surface area contributed by atoms with Crippen LogP contribution in [0.25, 0.3) is 11.3 Å². The SMILES string of the molecule is COC(=O)c1cccc(SNc2nc(C)cc(-c3c(C)cccc3C)n2)c1. The Balaban J connectivity index is 1.85. The van der Waals surface area contributed by atoms with E-state index in [2.05, 4.69) is 40.7 Å². The van der Waals surface area contributed by atoms with Gasteiger partial charge in [0.2, 0.25) is 5.95 Å². The van der Waals surface area contributed by atoms with E-state index in [1.54, 1.807) is 12.1 Å². The zero-order chi connectivity index (χ0) is 19.4. The van der Waals surface area contributed by atoms with Crippen LogP contribution in [0.1, 0.15) is 27.2 Å². The summed E-state index contributed by atoms with van der Waals surface area (Å²) < 4.78 is 7.94. The number of hydrogen-bond acceptors (Lipinski definition) is 6. The number of aryl methyl sites for hydroxylation is 3. The van der Waals surface area contributed by atoms with Crippen LogP contribution >= 0.6 is 11.9 Å². The Labute approximate surface area is 163 Å². The number of esters is 1. The highest BCUT2D eigenvalue weighted by atomic mass is 32.2. The van der Waals surface area contributed by atoms with E-state index < -0.39 is 0 Å². The van der Waals surface area contributed by atoms with E-state index in [4.69, 9.17) is 4.74 Å². The van der Waals surface area contributed by atoms with Crippen LogP contribution in [-0.4, -0.2) is 23.0 Å². The molecule has 6 heteroatoms. The highest BCUT2D eigenvalue weighted by Gasteiger charge is 2.11. The van der Waals surface area contributed by atoms with Crippen molar-refractivity contribution in [1.29, 1.82) is 0 Å². The molecule has 1 N–H and O–H groups in total. The molecule has 3 aromatic rings. The number of nitrogens with zero attached hydrogens (tertiary/aromatic N) is 2. The number of ether oxygens (including phenoxy) is 1. The lowest BCUT2D eigenvalue weighted by Crippen LogP contribution is -2.02. The zero-order valence-electron chi connectivity index (χ0n) is 15.7. The molecule has 0 radical (unpaired) electrons. The van der Waals surface area contributed by atoms with Crippen LogP contribution in [0.15, 0.2) is 53.4 Å². The lowest BCUT2D eigenvalue weighted by atomic mass is 9.99. The maximum absolute atomic E-state index is 11.7. The van der Waals surface area contributed by atoms with E-state index >= 15 is 0 Å². The minimum absolute atomic E-state index is 0.360. The van der Waals surface area contributed by atoms with Crippen molar-refractivity contribution in [3.8, 4) is 11.3 Å². The van der Waals surface area contributed by atoms with E-state index in [9.17, 15) is 4.79 Å². The van der Waals surface area contributed by atoms with Gasteiger partial charge in [-0.25, -0.2) is 14.8 Å². The number of anilines is 1. The molecule has 0 saturated carbocycles. The second-order valence-corrected chi connectivity index (χ2v) is 7.09. The summed E-state index contributed by atoms with van der Waals surface area (Å²) in [6.45, 7) is 6.12. The monoisotopic (exact) mass is 379 g/mol. The van der Waals surface area contributed by atoms with Gasteiger partial charge in [0.25, 0.3) is 0 Å². The number of rotatable bonds is 5. The minimum Gasteiger partial charge on any atom is -0.465 e. The van der Waals surface area contributed by atoms with Crippen molar-refractivity contribution in [2.45, 2.75) is 25.7 Å². The van der Waals surface area contributed by atoms with Gasteiger partial charge in [-0.1, -0.05) is 24.3 Å². The summed E-state index contributed by atoms with van der Waals surface area (Å²) in [4.78, 5) is 21.7. The first kappa shape index (κ1) is 18.9. The quantitative estimate of drug-likeness (QED) is 0.498. The molecule has 27 heavy (non-hydrogen) atoms. The van der Waals surface area contributed by atoms with Gasteiger partial charge in [0.15, 0.2) is 0 Å². The van der Waals surface area contributed by atoms with Crippen molar-refractivity contribution in [2.75, 3.05) is 11.8 Å². The van der Waals surface area contributed by atoms with Gasteiger partial charge in [-0.3, -0.25) is 4.72 Å². The number of hydrogen-bond donors (Lipinski definition) is 1. The Morgan fingerprint density at radius 3 is 2.41 bits per heavy atom. The Kier molecular flexibility index (Phi) is 5.76. The summed E-state index contributed by atoms with van der Waals surface area (Å²) in [7, 11) is 1.37. The van der Waals surface area contributed by atoms with Crippen molar-refractivity contribution in [3.63, 3.8) is 0 Å². The Morgan fingerprint density at radius 2 is 1.70 bits per heavy atom. The molecule has 1 heterocycles. The predicted molar refractivity (Wildman–Crippen MR) is 109 cm³/mol. The number of benzene rings is 2. The van der Waals surface area contributed by atoms with Crippen LogP contribution in [0.2, 0.25) is 0 Å². The highest BCUT2D eigenvalue weighted by molar-refractivity contribution is 8.00. The summed E-state index contributed by atoms with van der Waals surface area (Å²) in [5, 5.41) is 0. The van der Waals surface area contributed by atoms with Crippen molar-refractivity contribution >= 4 is 23.9 Å². The van der Waals surface area contributed by atoms with Gasteiger partial charge >= 0.3 is 5.97 Å². The van der Waals surface area contributed by atoms with Crippen molar-refractivity contribution < 1.29 is 9.53 Å². The van der Waals surface area contributed by atoms with Gasteiger partial charge in [-0.15, -0.1) is 0 Å². The molecule has 138 valence electrons. The van der Waals surface area contributed by atoms with Gasteiger partial charge < -0.3 is 4.74 Å². The Hall–Kier alpha value is -2.86. The average molecular weight is 379 g/mol. The van der Waals surface area contributed by atoms with Gasteiger partial charge in [0, 0.05) is 16.2 Å². The third kappa shape index (κ3) is 4.46. The Morgan fingerprint density at radius 1 is 1.00 bits per heavy atom. The third-order valence-electron chi connectivity index (χ3n) is 4.11. The maximum Gasteiger partial charge on any atom is 0.337 e. The fourth-order valence-corrected chi connectivity index (χ4v) is 3.50. The molecule has 0 atom stereocenters. The molecule has 0 spiro atoms. The first-order valence-corrected chi connectivity index (χ1v) is 9.33. The van der Waals surface area contributed by atoms with Gasteiger partial charge in [-0.05, 0) is 68.1 Å². The van der Waals surface area contributed by atoms with Crippen LogP contribution in [0.3, 0.4) is 0 Å². The largest absolute Gasteiger partial charge is 0.465 e. The smallest absolute Gasteiger partial charge is 0.337 e. The average Bonchev–Trinajstić information content (AvgIpc) is 2.65. The van der Waals surface area contributed by atoms with Crippen molar-refractivity contribution in [2.24, 2.45) is 0 Å². The molecule has 1 aromatic heterocycles. The van der Waals surface area contributed by atoms with E-state index in [0.717, 1.165) is 21.8 Å². The van der Waals surface area contributed by atoms with E-state index in [1.807, 2.05) is 31.2 Å². The van der Waals surface area contributed by atoms with Gasteiger partial charge in [0.05, 0.1) is 18.4 Å². The highest BCUT2D eigenvalue weighted by Crippen LogP contribution is 2.28. The zero-order valence-corrected chi connectivity index (χ0v) is 16.6. The number of nitrogens with one attached hydrogen (secondary N) is 1. The van der Waals surface area contributed by atoms with Crippen molar-refractivity contribution in [3.05, 3.63) is 70.9 Å². The van der Waals surface area contributed by atoms with Crippen LogP contribution < -0.4 is 4.72 Å². The lowest BCUT2D eigenvalue weighted by molar-refractivity contribution is 0.0600. The first-order chi connectivity index (χ1) is 13.0. The van der Waals surface area contributed by atoms with E-state index in [0.29, 0.717) is 11.5 Å². The number of carbonyl (C=O) groups is 1. The molecule has 0 amide bonds. The van der Waals surface area contributed by atoms with E-state index in [-0.39, 0.29) is 5.97 Å². The summed E-state index contributed by atoms with van der Waals surface area (Å²) >= 11 is 1.35. The lowest BCUT2D eigenvalue weighted by Gasteiger charge is -2.12. The second kappa shape index (κ2) is 8.22. The van der Waals surface area contributed by atoms with E-state index in [1.165, 1.54) is 30.2 Å². The topological polar surface area (TPSA) is 64.1 Å². The molecule has 0 aliphatic rings. The molecule has 3 rings (SSSR count). The fraction of sp³-hybridized carbons (Fsp3) is 0.190. The fourth-order valence-electron chi connectivity index (χ4n) is 2.87. The molecular weight excluding hydrogens is 358 g/mol. The number of methoxy groups -OCH3 is 1. The number of carbonyl (C=O) groups excluding carboxylic acids is 1. The van der Waals surface area contributed by atoms with Crippen LogP contribution in [0, 0.1) is 20.8 Å². The first-order valence-electron chi connectivity index (χ1n) is 8.51. The summed E-state index contributed by atoms with van der Waals surface area (Å²) in [6.07, 6.45) is 0. The molecule has 0 fully saturated rings. The second-order valence-electron chi connectivity index (χ2n) is 6.21. The molecule has 0 aliphatic heterocycles. The normalized spacial score (nSPS) is 10.5. The van der Waals surface area contributed by atoms with Gasteiger partial charge in [-0.2, -0.15) is 0 Å². The van der Waals surface area contributed by atoms with Crippen LogP contribution in [0.4, 0.5) is 5.95 Å². The molecule has 0 bridgehead atoms. The summed E-state index contributed by atoms with van der Waals surface area (Å²) in [5.74, 6) is 0.169.